The van der Waals surface area contributed by atoms with E-state index in [-0.39, 0.29) is 6.01 Å². The molecule has 0 aliphatic carbocycles. The fourth-order valence-electron chi connectivity index (χ4n) is 3.93. The summed E-state index contributed by atoms with van der Waals surface area (Å²) in [5.74, 6) is -0.495. The summed E-state index contributed by atoms with van der Waals surface area (Å²) in [7, 11) is 0. The molecule has 1 atom stereocenters. The molecule has 2 heterocycles. The summed E-state index contributed by atoms with van der Waals surface area (Å²) in [5, 5.41) is 7.42. The van der Waals surface area contributed by atoms with Gasteiger partial charge in [0.15, 0.2) is 0 Å². The highest BCUT2D eigenvalue weighted by molar-refractivity contribution is 6.10. The van der Waals surface area contributed by atoms with Crippen LogP contribution >= 0.6 is 0 Å². The molecule has 1 aliphatic rings. The van der Waals surface area contributed by atoms with Gasteiger partial charge in [0.1, 0.15) is 17.8 Å². The van der Waals surface area contributed by atoms with Crippen LogP contribution in [-0.2, 0) is 15.1 Å². The average molecular weight is 467 g/mol. The number of urea groups is 1. The van der Waals surface area contributed by atoms with Gasteiger partial charge in [0.2, 0.25) is 5.91 Å². The number of nitrogens with zero attached hydrogens (tertiary/aromatic N) is 3. The highest BCUT2D eigenvalue weighted by Crippen LogP contribution is 2.31. The number of carbonyl (C=O) groups excluding carboxylic acids is 3. The van der Waals surface area contributed by atoms with Gasteiger partial charge in [0.25, 0.3) is 5.91 Å². The molecule has 0 saturated carbocycles. The number of imide groups is 1. The van der Waals surface area contributed by atoms with Gasteiger partial charge >= 0.3 is 12.0 Å². The summed E-state index contributed by atoms with van der Waals surface area (Å²) in [6.07, 6.45) is 3.13. The number of amides is 4. The van der Waals surface area contributed by atoms with Crippen LogP contribution in [0.1, 0.15) is 12.5 Å². The molecule has 0 radical (unpaired) electrons. The fraction of sp³-hybridized carbons (Fsp3) is 0.115. The standard InChI is InChI=1S/C26H21N5O4/c1-26(19-8-7-17-5-2-3-6-18(17)15-19)23(33)31(25(34)30-26)16-22(32)29-20-9-11-21(12-10-20)35-24-27-13-4-14-28-24/h2-15H,16H2,1H3,(H,29,32)(H,30,34). The van der Waals surface area contributed by atoms with Crippen LogP contribution in [0.3, 0.4) is 0 Å². The molecule has 3 aromatic carbocycles. The molecule has 4 amide bonds. The molecule has 35 heavy (non-hydrogen) atoms. The first-order chi connectivity index (χ1) is 16.9. The van der Waals surface area contributed by atoms with Crippen molar-refractivity contribution >= 4 is 34.3 Å². The molecule has 4 aromatic rings. The molecule has 9 heteroatoms. The number of hydrogen-bond donors (Lipinski definition) is 2. The van der Waals surface area contributed by atoms with E-state index in [0.29, 0.717) is 17.0 Å². The minimum atomic E-state index is -1.26. The van der Waals surface area contributed by atoms with Gasteiger partial charge < -0.3 is 15.4 Å². The van der Waals surface area contributed by atoms with Crippen LogP contribution in [0, 0.1) is 0 Å². The van der Waals surface area contributed by atoms with Crippen molar-refractivity contribution in [3.05, 3.63) is 90.8 Å². The van der Waals surface area contributed by atoms with Crippen molar-refractivity contribution in [2.75, 3.05) is 11.9 Å². The number of fused-ring (bicyclic) bond motifs is 1. The Labute approximate surface area is 200 Å². The highest BCUT2D eigenvalue weighted by Gasteiger charge is 2.49. The van der Waals surface area contributed by atoms with Crippen LogP contribution in [0.5, 0.6) is 11.8 Å². The quantitative estimate of drug-likeness (QED) is 0.417. The zero-order valence-electron chi connectivity index (χ0n) is 18.8. The van der Waals surface area contributed by atoms with E-state index in [1.807, 2.05) is 42.5 Å². The molecule has 1 unspecified atom stereocenters. The topological polar surface area (TPSA) is 114 Å². The van der Waals surface area contributed by atoms with E-state index in [1.54, 1.807) is 49.6 Å². The molecule has 174 valence electrons. The summed E-state index contributed by atoms with van der Waals surface area (Å²) in [5.41, 5.74) is -0.129. The van der Waals surface area contributed by atoms with Gasteiger partial charge in [0.05, 0.1) is 0 Å². The Morgan fingerprint density at radius 3 is 2.43 bits per heavy atom. The molecule has 0 spiro atoms. The Kier molecular flexibility index (Phi) is 5.58. The zero-order valence-corrected chi connectivity index (χ0v) is 18.8. The van der Waals surface area contributed by atoms with Gasteiger partial charge in [-0.05, 0) is 59.7 Å². The first-order valence-electron chi connectivity index (χ1n) is 10.9. The summed E-state index contributed by atoms with van der Waals surface area (Å²) in [6.45, 7) is 1.23. The normalized spacial score (nSPS) is 17.3. The molecular formula is C26H21N5O4. The maximum atomic E-state index is 13.2. The average Bonchev–Trinajstić information content (AvgIpc) is 3.09. The van der Waals surface area contributed by atoms with Crippen molar-refractivity contribution in [1.82, 2.24) is 20.2 Å². The van der Waals surface area contributed by atoms with Crippen LogP contribution in [-0.4, -0.2) is 39.3 Å². The molecule has 2 N–H and O–H groups in total. The van der Waals surface area contributed by atoms with Crippen LogP contribution in [0.2, 0.25) is 0 Å². The second-order valence-electron chi connectivity index (χ2n) is 8.21. The fourth-order valence-corrected chi connectivity index (χ4v) is 3.93. The number of carbonyl (C=O) groups is 3. The minimum absolute atomic E-state index is 0.206. The second kappa shape index (κ2) is 8.86. The predicted molar refractivity (Wildman–Crippen MR) is 129 cm³/mol. The Hall–Kier alpha value is -4.79. The predicted octanol–water partition coefficient (Wildman–Crippen LogP) is 3.83. The van der Waals surface area contributed by atoms with Crippen molar-refractivity contribution in [2.24, 2.45) is 0 Å². The zero-order chi connectivity index (χ0) is 24.4. The molecule has 9 nitrogen and oxygen atoms in total. The Morgan fingerprint density at radius 1 is 0.971 bits per heavy atom. The third-order valence-electron chi connectivity index (χ3n) is 5.79. The number of hydrogen-bond acceptors (Lipinski definition) is 6. The van der Waals surface area contributed by atoms with E-state index < -0.39 is 29.9 Å². The summed E-state index contributed by atoms with van der Waals surface area (Å²) < 4.78 is 5.53. The Bertz CT molecular complexity index is 1420. The lowest BCUT2D eigenvalue weighted by atomic mass is 9.90. The third kappa shape index (κ3) is 4.39. The van der Waals surface area contributed by atoms with E-state index in [0.717, 1.165) is 15.7 Å². The Balaban J connectivity index is 1.25. The maximum absolute atomic E-state index is 13.2. The van der Waals surface area contributed by atoms with Gasteiger partial charge in [0, 0.05) is 18.1 Å². The monoisotopic (exact) mass is 467 g/mol. The first kappa shape index (κ1) is 22.0. The van der Waals surface area contributed by atoms with Gasteiger partial charge in [-0.1, -0.05) is 36.4 Å². The lowest BCUT2D eigenvalue weighted by Gasteiger charge is -2.22. The van der Waals surface area contributed by atoms with Crippen LogP contribution in [0.25, 0.3) is 10.8 Å². The van der Waals surface area contributed by atoms with Crippen molar-refractivity contribution in [3.63, 3.8) is 0 Å². The van der Waals surface area contributed by atoms with Gasteiger partial charge in [-0.2, -0.15) is 0 Å². The molecule has 1 saturated heterocycles. The van der Waals surface area contributed by atoms with Gasteiger partial charge in [-0.3, -0.25) is 14.5 Å². The molecule has 5 rings (SSSR count). The van der Waals surface area contributed by atoms with Crippen LogP contribution in [0.15, 0.2) is 85.2 Å². The van der Waals surface area contributed by atoms with Gasteiger partial charge in [-0.15, -0.1) is 0 Å². The lowest BCUT2D eigenvalue weighted by molar-refractivity contribution is -0.133. The van der Waals surface area contributed by atoms with Crippen molar-refractivity contribution < 1.29 is 19.1 Å². The number of nitrogens with one attached hydrogen (secondary N) is 2. The third-order valence-corrected chi connectivity index (χ3v) is 5.79. The van der Waals surface area contributed by atoms with E-state index in [4.69, 9.17) is 4.74 Å². The van der Waals surface area contributed by atoms with Crippen molar-refractivity contribution in [2.45, 2.75) is 12.5 Å². The molecule has 1 fully saturated rings. The van der Waals surface area contributed by atoms with E-state index >= 15 is 0 Å². The molecule has 1 aromatic heterocycles. The van der Waals surface area contributed by atoms with Crippen molar-refractivity contribution in [3.8, 4) is 11.8 Å². The summed E-state index contributed by atoms with van der Waals surface area (Å²) in [6, 6.07) is 21.2. The number of anilines is 1. The van der Waals surface area contributed by atoms with Crippen LogP contribution < -0.4 is 15.4 Å². The van der Waals surface area contributed by atoms with E-state index in [1.165, 1.54) is 0 Å². The molecule has 1 aliphatic heterocycles. The molecule has 0 bridgehead atoms. The SMILES string of the molecule is CC1(c2ccc3ccccc3c2)NC(=O)N(CC(=O)Nc2ccc(Oc3ncccn3)cc2)C1=O. The Morgan fingerprint density at radius 2 is 1.69 bits per heavy atom. The van der Waals surface area contributed by atoms with Crippen molar-refractivity contribution in [1.29, 1.82) is 0 Å². The second-order valence-corrected chi connectivity index (χ2v) is 8.21. The summed E-state index contributed by atoms with van der Waals surface area (Å²) in [4.78, 5) is 47.4. The maximum Gasteiger partial charge on any atom is 0.325 e. The number of ether oxygens (including phenoxy) is 1. The number of benzene rings is 3. The summed E-state index contributed by atoms with van der Waals surface area (Å²) >= 11 is 0. The number of aromatic nitrogens is 2. The lowest BCUT2D eigenvalue weighted by Crippen LogP contribution is -2.42. The smallest absolute Gasteiger partial charge is 0.325 e. The van der Waals surface area contributed by atoms with Crippen LogP contribution in [0.4, 0.5) is 10.5 Å². The van der Waals surface area contributed by atoms with E-state index in [2.05, 4.69) is 20.6 Å². The largest absolute Gasteiger partial charge is 0.424 e. The van der Waals surface area contributed by atoms with E-state index in [9.17, 15) is 14.4 Å². The number of rotatable bonds is 6. The first-order valence-corrected chi connectivity index (χ1v) is 10.9. The highest BCUT2D eigenvalue weighted by atomic mass is 16.5. The molecular weight excluding hydrogens is 446 g/mol. The minimum Gasteiger partial charge on any atom is -0.424 e. The van der Waals surface area contributed by atoms with Gasteiger partial charge in [-0.25, -0.2) is 14.8 Å².